The van der Waals surface area contributed by atoms with Crippen molar-refractivity contribution in [3.05, 3.63) is 36.0 Å². The Kier molecular flexibility index (Phi) is 2.80. The van der Waals surface area contributed by atoms with Crippen LogP contribution >= 0.6 is 0 Å². The normalized spacial score (nSPS) is 13.4. The van der Waals surface area contributed by atoms with E-state index in [0.29, 0.717) is 19.8 Å². The van der Waals surface area contributed by atoms with Crippen LogP contribution in [0.4, 0.5) is 5.82 Å². The number of fused-ring (bicyclic) bond motifs is 1. The Morgan fingerprint density at radius 1 is 1.28 bits per heavy atom. The highest BCUT2D eigenvalue weighted by Gasteiger charge is 2.15. The molecule has 0 unspecified atom stereocenters. The van der Waals surface area contributed by atoms with Gasteiger partial charge in [-0.15, -0.1) is 0 Å². The number of para-hydroxylation sites is 1. The van der Waals surface area contributed by atoms with Crippen molar-refractivity contribution in [2.75, 3.05) is 18.5 Å². The lowest BCUT2D eigenvalue weighted by molar-refractivity contribution is 0.170. The molecule has 1 aliphatic heterocycles. The van der Waals surface area contributed by atoms with E-state index in [9.17, 15) is 0 Å². The topological polar surface area (TPSA) is 48.3 Å². The third-order valence-corrected chi connectivity index (χ3v) is 2.82. The number of hydrogen-bond donors (Lipinski definition) is 1. The summed E-state index contributed by atoms with van der Waals surface area (Å²) >= 11 is 0. The highest BCUT2D eigenvalue weighted by molar-refractivity contribution is 5.49. The number of aromatic nitrogens is 2. The number of anilines is 1. The molecule has 0 saturated carbocycles. The molecule has 2 heterocycles. The summed E-state index contributed by atoms with van der Waals surface area (Å²) in [6.45, 7) is 1.89. The zero-order valence-electron chi connectivity index (χ0n) is 10.2. The molecule has 18 heavy (non-hydrogen) atoms. The number of ether oxygens (including phenoxy) is 2. The molecule has 1 aromatic heterocycles. The van der Waals surface area contributed by atoms with Gasteiger partial charge in [-0.25, -0.2) is 0 Å². The van der Waals surface area contributed by atoms with Gasteiger partial charge < -0.3 is 14.8 Å². The molecule has 1 aliphatic rings. The number of nitrogens with zero attached hydrogens (tertiary/aromatic N) is 2. The maximum Gasteiger partial charge on any atom is 0.166 e. The van der Waals surface area contributed by atoms with E-state index in [0.717, 1.165) is 22.9 Å². The van der Waals surface area contributed by atoms with Crippen LogP contribution in [0.2, 0.25) is 0 Å². The molecule has 0 atom stereocenters. The second kappa shape index (κ2) is 4.60. The molecule has 0 saturated heterocycles. The predicted molar refractivity (Wildman–Crippen MR) is 68.0 cm³/mol. The Balaban J connectivity index is 1.76. The first-order valence-corrected chi connectivity index (χ1v) is 5.94. The van der Waals surface area contributed by atoms with E-state index in [1.54, 1.807) is 4.68 Å². The summed E-state index contributed by atoms with van der Waals surface area (Å²) in [6, 6.07) is 7.87. The molecule has 0 bridgehead atoms. The van der Waals surface area contributed by atoms with E-state index in [-0.39, 0.29) is 0 Å². The van der Waals surface area contributed by atoms with Crippen LogP contribution in [0.5, 0.6) is 11.5 Å². The van der Waals surface area contributed by atoms with Crippen LogP contribution in [0.3, 0.4) is 0 Å². The average molecular weight is 245 g/mol. The molecule has 1 N–H and O–H groups in total. The highest BCUT2D eigenvalue weighted by Crippen LogP contribution is 2.33. The lowest BCUT2D eigenvalue weighted by Crippen LogP contribution is -2.17. The van der Waals surface area contributed by atoms with Gasteiger partial charge in [-0.3, -0.25) is 4.68 Å². The van der Waals surface area contributed by atoms with Crippen LogP contribution in [0.25, 0.3) is 0 Å². The van der Waals surface area contributed by atoms with Crippen molar-refractivity contribution in [3.8, 4) is 11.5 Å². The quantitative estimate of drug-likeness (QED) is 0.895. The summed E-state index contributed by atoms with van der Waals surface area (Å²) in [5, 5.41) is 7.54. The van der Waals surface area contributed by atoms with E-state index in [1.807, 2.05) is 37.5 Å². The minimum atomic E-state index is 0.605. The van der Waals surface area contributed by atoms with Crippen LogP contribution in [0.1, 0.15) is 5.56 Å². The fourth-order valence-electron chi connectivity index (χ4n) is 1.97. The number of benzene rings is 1. The third kappa shape index (κ3) is 2.11. The van der Waals surface area contributed by atoms with Crippen molar-refractivity contribution in [2.24, 2.45) is 7.05 Å². The van der Waals surface area contributed by atoms with Gasteiger partial charge in [-0.2, -0.15) is 5.10 Å². The highest BCUT2D eigenvalue weighted by atomic mass is 16.6. The Hall–Kier alpha value is -2.17. The first kappa shape index (κ1) is 11.0. The third-order valence-electron chi connectivity index (χ3n) is 2.82. The fraction of sp³-hybridized carbons (Fsp3) is 0.308. The van der Waals surface area contributed by atoms with Crippen molar-refractivity contribution < 1.29 is 9.47 Å². The molecule has 0 amide bonds. The fourth-order valence-corrected chi connectivity index (χ4v) is 1.97. The Labute approximate surface area is 105 Å². The van der Waals surface area contributed by atoms with Crippen LogP contribution in [-0.4, -0.2) is 23.0 Å². The Morgan fingerprint density at radius 2 is 2.17 bits per heavy atom. The molecule has 0 aliphatic carbocycles. The van der Waals surface area contributed by atoms with Gasteiger partial charge in [-0.1, -0.05) is 12.1 Å². The smallest absolute Gasteiger partial charge is 0.166 e. The molecule has 0 radical (unpaired) electrons. The van der Waals surface area contributed by atoms with E-state index >= 15 is 0 Å². The summed E-state index contributed by atoms with van der Waals surface area (Å²) in [4.78, 5) is 0. The molecule has 1 aromatic carbocycles. The number of nitrogens with one attached hydrogen (secondary N) is 1. The second-order valence-corrected chi connectivity index (χ2v) is 4.17. The van der Waals surface area contributed by atoms with Gasteiger partial charge in [0.25, 0.3) is 0 Å². The van der Waals surface area contributed by atoms with Gasteiger partial charge in [0.15, 0.2) is 11.5 Å². The molecule has 5 nitrogen and oxygen atoms in total. The zero-order valence-corrected chi connectivity index (χ0v) is 10.2. The summed E-state index contributed by atoms with van der Waals surface area (Å²) in [5.41, 5.74) is 1.08. The Morgan fingerprint density at radius 3 is 3.00 bits per heavy atom. The van der Waals surface area contributed by atoms with Crippen LogP contribution in [-0.2, 0) is 13.6 Å². The van der Waals surface area contributed by atoms with Crippen LogP contribution in [0.15, 0.2) is 30.5 Å². The van der Waals surface area contributed by atoms with Gasteiger partial charge in [0.1, 0.15) is 19.0 Å². The molecule has 0 fully saturated rings. The molecular formula is C13H15N3O2. The monoisotopic (exact) mass is 245 g/mol. The predicted octanol–water partition coefficient (Wildman–Crippen LogP) is 1.80. The van der Waals surface area contributed by atoms with Crippen LogP contribution in [0, 0.1) is 0 Å². The van der Waals surface area contributed by atoms with Crippen molar-refractivity contribution in [1.82, 2.24) is 9.78 Å². The van der Waals surface area contributed by atoms with Crippen molar-refractivity contribution in [1.29, 1.82) is 0 Å². The largest absolute Gasteiger partial charge is 0.486 e. The van der Waals surface area contributed by atoms with Gasteiger partial charge in [-0.05, 0) is 6.07 Å². The van der Waals surface area contributed by atoms with Crippen molar-refractivity contribution in [2.45, 2.75) is 6.54 Å². The standard InChI is InChI=1S/C13H15N3O2/c1-16-6-5-12(15-16)14-9-10-3-2-4-11-13(10)18-8-7-17-11/h2-6H,7-9H2,1H3,(H,14,15). The zero-order chi connectivity index (χ0) is 12.4. The minimum Gasteiger partial charge on any atom is -0.486 e. The number of aryl methyl sites for hydroxylation is 1. The maximum absolute atomic E-state index is 5.66. The van der Waals surface area contributed by atoms with E-state index in [4.69, 9.17) is 9.47 Å². The molecule has 3 rings (SSSR count). The summed E-state index contributed by atoms with van der Waals surface area (Å²) in [5.74, 6) is 2.51. The van der Waals surface area contributed by atoms with Crippen molar-refractivity contribution >= 4 is 5.82 Å². The summed E-state index contributed by atoms with van der Waals surface area (Å²) in [6.07, 6.45) is 1.91. The Bertz CT molecular complexity index is 551. The summed E-state index contributed by atoms with van der Waals surface area (Å²) < 4.78 is 13.0. The van der Waals surface area contributed by atoms with Gasteiger partial charge in [0.2, 0.25) is 0 Å². The van der Waals surface area contributed by atoms with E-state index in [1.165, 1.54) is 0 Å². The SMILES string of the molecule is Cn1ccc(NCc2cccc3c2OCCO3)n1. The van der Waals surface area contributed by atoms with Crippen molar-refractivity contribution in [3.63, 3.8) is 0 Å². The molecule has 5 heteroatoms. The van der Waals surface area contributed by atoms with Gasteiger partial charge in [0, 0.05) is 31.4 Å². The number of rotatable bonds is 3. The second-order valence-electron chi connectivity index (χ2n) is 4.17. The first-order valence-electron chi connectivity index (χ1n) is 5.94. The maximum atomic E-state index is 5.66. The van der Waals surface area contributed by atoms with Crippen LogP contribution < -0.4 is 14.8 Å². The first-order chi connectivity index (χ1) is 8.83. The van der Waals surface area contributed by atoms with E-state index < -0.39 is 0 Å². The molecule has 94 valence electrons. The molecule has 2 aromatic rings. The summed E-state index contributed by atoms with van der Waals surface area (Å²) in [7, 11) is 1.90. The molecular weight excluding hydrogens is 230 g/mol. The number of hydrogen-bond acceptors (Lipinski definition) is 4. The average Bonchev–Trinajstić information content (AvgIpc) is 2.82. The van der Waals surface area contributed by atoms with E-state index in [2.05, 4.69) is 10.4 Å². The lowest BCUT2D eigenvalue weighted by Gasteiger charge is -2.21. The van der Waals surface area contributed by atoms with Gasteiger partial charge >= 0.3 is 0 Å². The molecule has 0 spiro atoms. The minimum absolute atomic E-state index is 0.605. The lowest BCUT2D eigenvalue weighted by atomic mass is 10.1. The van der Waals surface area contributed by atoms with Gasteiger partial charge in [0.05, 0.1) is 0 Å².